The molecule has 0 amide bonds. The predicted molar refractivity (Wildman–Crippen MR) is 155 cm³/mol. The Balaban J connectivity index is 1.67. The van der Waals surface area contributed by atoms with E-state index in [0.29, 0.717) is 22.2 Å². The standard InChI is InChI=1S/C28H28FN5O3S2/c1-17-14-22(18(2)33(17)20-9-7-8-19(29)15-20)27-26(24-10-5-6-13-30-24)31-28(38)34(27)21-11-12-23(25(16-21)37-3)32-39(4,35)36/h5-16,26-27,32H,1-4H3,(H,31,38)/t26-,27+/m1/s1. The van der Waals surface area contributed by atoms with Gasteiger partial charge in [0.05, 0.1) is 36.8 Å². The van der Waals surface area contributed by atoms with E-state index in [2.05, 4.69) is 21.1 Å². The summed E-state index contributed by atoms with van der Waals surface area (Å²) in [5.41, 5.74) is 5.43. The normalized spacial score (nSPS) is 17.3. The summed E-state index contributed by atoms with van der Waals surface area (Å²) in [5, 5.41) is 3.92. The largest absolute Gasteiger partial charge is 0.494 e. The van der Waals surface area contributed by atoms with Gasteiger partial charge in [0, 0.05) is 35.0 Å². The highest BCUT2D eigenvalue weighted by Gasteiger charge is 2.42. The number of rotatable bonds is 7. The molecule has 5 rings (SSSR count). The lowest BCUT2D eigenvalue weighted by molar-refractivity contribution is 0.417. The Morgan fingerprint density at radius 2 is 1.85 bits per heavy atom. The van der Waals surface area contributed by atoms with Gasteiger partial charge in [-0.3, -0.25) is 9.71 Å². The molecule has 2 atom stereocenters. The molecule has 2 aromatic carbocycles. The molecule has 4 aromatic rings. The van der Waals surface area contributed by atoms with Gasteiger partial charge in [-0.25, -0.2) is 12.8 Å². The number of aromatic nitrogens is 2. The first-order chi connectivity index (χ1) is 18.6. The lowest BCUT2D eigenvalue weighted by Crippen LogP contribution is -2.29. The van der Waals surface area contributed by atoms with E-state index in [9.17, 15) is 12.8 Å². The minimum atomic E-state index is -3.51. The van der Waals surface area contributed by atoms with Crippen molar-refractivity contribution in [3.8, 4) is 11.4 Å². The zero-order chi connectivity index (χ0) is 27.9. The first-order valence-corrected chi connectivity index (χ1v) is 14.5. The average Bonchev–Trinajstić information content (AvgIpc) is 3.38. The fourth-order valence-corrected chi connectivity index (χ4v) is 6.08. The summed E-state index contributed by atoms with van der Waals surface area (Å²) >= 11 is 5.85. The molecule has 0 bridgehead atoms. The van der Waals surface area contributed by atoms with Gasteiger partial charge < -0.3 is 19.5 Å². The van der Waals surface area contributed by atoms with Crippen molar-refractivity contribution in [1.29, 1.82) is 0 Å². The number of halogens is 1. The topological polar surface area (TPSA) is 88.5 Å². The SMILES string of the molecule is COc1cc(N2C(=S)N[C@H](c3ccccn3)[C@@H]2c2cc(C)n(-c3cccc(F)c3)c2C)ccc1NS(C)(=O)=O. The van der Waals surface area contributed by atoms with Crippen LogP contribution in [0.5, 0.6) is 5.75 Å². The van der Waals surface area contributed by atoms with Crippen LogP contribution in [0.1, 0.15) is 34.7 Å². The van der Waals surface area contributed by atoms with E-state index in [4.69, 9.17) is 17.0 Å². The number of methoxy groups -OCH3 is 1. The lowest BCUT2D eigenvalue weighted by atomic mass is 9.96. The maximum Gasteiger partial charge on any atom is 0.229 e. The van der Waals surface area contributed by atoms with Gasteiger partial charge in [-0.15, -0.1) is 0 Å². The van der Waals surface area contributed by atoms with E-state index >= 15 is 0 Å². The maximum atomic E-state index is 14.1. The third kappa shape index (κ3) is 5.19. The van der Waals surface area contributed by atoms with E-state index in [0.717, 1.165) is 34.6 Å². The second-order valence-corrected chi connectivity index (χ2v) is 11.5. The number of ether oxygens (including phenoxy) is 1. The van der Waals surface area contributed by atoms with Crippen molar-refractivity contribution in [2.24, 2.45) is 0 Å². The minimum absolute atomic E-state index is 0.292. The first-order valence-electron chi connectivity index (χ1n) is 12.2. The number of hydrogen-bond acceptors (Lipinski definition) is 5. The molecule has 202 valence electrons. The third-order valence-corrected chi connectivity index (χ3v) is 7.62. The molecule has 0 aliphatic carbocycles. The van der Waals surface area contributed by atoms with Crippen molar-refractivity contribution in [3.05, 3.63) is 101 Å². The molecular formula is C28H28FN5O3S2. The summed E-state index contributed by atoms with van der Waals surface area (Å²) in [6.07, 6.45) is 2.83. The zero-order valence-corrected chi connectivity index (χ0v) is 23.5. The smallest absolute Gasteiger partial charge is 0.229 e. The number of nitrogens with zero attached hydrogens (tertiary/aromatic N) is 3. The maximum absolute atomic E-state index is 14.1. The molecule has 2 aromatic heterocycles. The number of sulfonamides is 1. The van der Waals surface area contributed by atoms with Crippen LogP contribution in [0.15, 0.2) is 72.9 Å². The van der Waals surface area contributed by atoms with Gasteiger partial charge in [-0.1, -0.05) is 12.1 Å². The Hall–Kier alpha value is -3.96. The number of aryl methyl sites for hydroxylation is 1. The molecule has 11 heteroatoms. The van der Waals surface area contributed by atoms with Gasteiger partial charge in [0.25, 0.3) is 0 Å². The highest BCUT2D eigenvalue weighted by molar-refractivity contribution is 7.92. The Morgan fingerprint density at radius 1 is 1.05 bits per heavy atom. The van der Waals surface area contributed by atoms with Gasteiger partial charge in [-0.05, 0) is 80.2 Å². The molecule has 0 spiro atoms. The number of hydrogen-bond donors (Lipinski definition) is 2. The molecule has 0 unspecified atom stereocenters. The second-order valence-electron chi connectivity index (χ2n) is 9.40. The van der Waals surface area contributed by atoms with Crippen LogP contribution in [0.2, 0.25) is 0 Å². The van der Waals surface area contributed by atoms with Crippen LogP contribution in [0.3, 0.4) is 0 Å². The Bertz CT molecular complexity index is 1660. The Labute approximate surface area is 232 Å². The van der Waals surface area contributed by atoms with Crippen LogP contribution < -0.4 is 19.7 Å². The van der Waals surface area contributed by atoms with Gasteiger partial charge in [0.15, 0.2) is 5.11 Å². The molecule has 0 saturated carbocycles. The number of anilines is 2. The summed E-state index contributed by atoms with van der Waals surface area (Å²) in [6, 6.07) is 18.9. The molecular weight excluding hydrogens is 537 g/mol. The minimum Gasteiger partial charge on any atom is -0.494 e. The predicted octanol–water partition coefficient (Wildman–Crippen LogP) is 5.19. The van der Waals surface area contributed by atoms with Gasteiger partial charge >= 0.3 is 0 Å². The van der Waals surface area contributed by atoms with Crippen molar-refractivity contribution >= 4 is 38.7 Å². The van der Waals surface area contributed by atoms with Gasteiger partial charge in [0.1, 0.15) is 11.6 Å². The highest BCUT2D eigenvalue weighted by atomic mass is 32.2. The summed E-state index contributed by atoms with van der Waals surface area (Å²) in [5.74, 6) is 0.0409. The van der Waals surface area contributed by atoms with Crippen molar-refractivity contribution in [1.82, 2.24) is 14.9 Å². The second kappa shape index (κ2) is 10.3. The molecule has 1 aliphatic rings. The van der Waals surface area contributed by atoms with Crippen LogP contribution in [-0.4, -0.2) is 36.4 Å². The van der Waals surface area contributed by atoms with Crippen LogP contribution in [-0.2, 0) is 10.0 Å². The lowest BCUT2D eigenvalue weighted by Gasteiger charge is -2.29. The molecule has 0 radical (unpaired) electrons. The summed E-state index contributed by atoms with van der Waals surface area (Å²) in [6.45, 7) is 3.98. The van der Waals surface area contributed by atoms with E-state index in [1.165, 1.54) is 19.2 Å². The quantitative estimate of drug-likeness (QED) is 0.298. The van der Waals surface area contributed by atoms with Crippen LogP contribution in [0.25, 0.3) is 5.69 Å². The molecule has 3 heterocycles. The number of thiocarbonyl (C=S) groups is 1. The fraction of sp³-hybridized carbons (Fsp3) is 0.214. The molecule has 1 saturated heterocycles. The van der Waals surface area contributed by atoms with Crippen molar-refractivity contribution in [2.75, 3.05) is 23.0 Å². The Kier molecular flexibility index (Phi) is 7.04. The zero-order valence-electron chi connectivity index (χ0n) is 21.8. The van der Waals surface area contributed by atoms with E-state index < -0.39 is 10.0 Å². The highest BCUT2D eigenvalue weighted by Crippen LogP contribution is 2.45. The van der Waals surface area contributed by atoms with E-state index in [1.54, 1.807) is 30.5 Å². The monoisotopic (exact) mass is 565 g/mol. The molecule has 39 heavy (non-hydrogen) atoms. The van der Waals surface area contributed by atoms with Gasteiger partial charge in [-0.2, -0.15) is 0 Å². The van der Waals surface area contributed by atoms with Crippen LogP contribution in [0, 0.1) is 19.7 Å². The number of benzene rings is 2. The fourth-order valence-electron chi connectivity index (χ4n) is 5.16. The molecule has 1 fully saturated rings. The van der Waals surface area contributed by atoms with Crippen molar-refractivity contribution < 1.29 is 17.5 Å². The summed E-state index contributed by atoms with van der Waals surface area (Å²) < 4.78 is 47.9. The molecule has 1 aliphatic heterocycles. The summed E-state index contributed by atoms with van der Waals surface area (Å²) in [7, 11) is -2.03. The van der Waals surface area contributed by atoms with Crippen LogP contribution >= 0.6 is 12.2 Å². The van der Waals surface area contributed by atoms with Crippen LogP contribution in [0.4, 0.5) is 15.8 Å². The molecule has 2 N–H and O–H groups in total. The molecule has 8 nitrogen and oxygen atoms in total. The third-order valence-electron chi connectivity index (χ3n) is 6.71. The number of nitrogens with one attached hydrogen (secondary N) is 2. The Morgan fingerprint density at radius 3 is 2.51 bits per heavy atom. The average molecular weight is 566 g/mol. The number of pyridine rings is 1. The van der Waals surface area contributed by atoms with E-state index in [-0.39, 0.29) is 17.9 Å². The first kappa shape index (κ1) is 26.6. The van der Waals surface area contributed by atoms with Crippen molar-refractivity contribution in [2.45, 2.75) is 25.9 Å². The van der Waals surface area contributed by atoms with E-state index in [1.807, 2.05) is 47.6 Å². The van der Waals surface area contributed by atoms with Gasteiger partial charge in [0.2, 0.25) is 10.0 Å². The summed E-state index contributed by atoms with van der Waals surface area (Å²) in [4.78, 5) is 6.59. The van der Waals surface area contributed by atoms with Crippen molar-refractivity contribution in [3.63, 3.8) is 0 Å².